The Labute approximate surface area is 182 Å². The van der Waals surface area contributed by atoms with Crippen LogP contribution in [0.1, 0.15) is 27.2 Å². The Hall–Kier alpha value is -2.78. The minimum Gasteiger partial charge on any atom is -0.497 e. The lowest BCUT2D eigenvalue weighted by Crippen LogP contribution is -2.19. The number of ether oxygens (including phenoxy) is 1. The fourth-order valence-electron chi connectivity index (χ4n) is 3.60. The Morgan fingerprint density at radius 3 is 2.77 bits per heavy atom. The van der Waals surface area contributed by atoms with Gasteiger partial charge < -0.3 is 20.4 Å². The van der Waals surface area contributed by atoms with E-state index >= 15 is 0 Å². The molecule has 0 aliphatic heterocycles. The highest BCUT2D eigenvalue weighted by atomic mass is 32.2. The average molecular weight is 443 g/mol. The molecule has 1 aliphatic rings. The molecule has 0 radical (unpaired) electrons. The van der Waals surface area contributed by atoms with Crippen LogP contribution in [0.25, 0.3) is 11.3 Å². The van der Waals surface area contributed by atoms with Crippen LogP contribution in [0, 0.1) is 0 Å². The highest BCUT2D eigenvalue weighted by Gasteiger charge is 2.26. The summed E-state index contributed by atoms with van der Waals surface area (Å²) in [6, 6.07) is 7.74. The molecule has 0 bridgehead atoms. The highest BCUT2D eigenvalue weighted by molar-refractivity contribution is 7.99. The number of hydrogen-bond donors (Lipinski definition) is 2. The van der Waals surface area contributed by atoms with Crippen molar-refractivity contribution in [3.8, 4) is 17.0 Å². The van der Waals surface area contributed by atoms with Crippen LogP contribution >= 0.6 is 23.1 Å². The number of fused-ring (bicyclic) bond motifs is 1. The van der Waals surface area contributed by atoms with Gasteiger partial charge in [0.25, 0.3) is 5.91 Å². The van der Waals surface area contributed by atoms with E-state index in [1.54, 1.807) is 13.3 Å². The summed E-state index contributed by atoms with van der Waals surface area (Å²) in [5.74, 6) is 0.317. The number of amides is 2. The molecule has 0 fully saturated rings. The van der Waals surface area contributed by atoms with Gasteiger partial charge in [0.2, 0.25) is 5.91 Å². The molecule has 7 nitrogen and oxygen atoms in total. The number of thioether (sulfide) groups is 1. The summed E-state index contributed by atoms with van der Waals surface area (Å²) in [7, 11) is 3.55. The van der Waals surface area contributed by atoms with E-state index in [1.165, 1.54) is 23.1 Å². The molecule has 30 heavy (non-hydrogen) atoms. The second-order valence-electron chi connectivity index (χ2n) is 6.98. The van der Waals surface area contributed by atoms with E-state index in [4.69, 9.17) is 10.5 Å². The van der Waals surface area contributed by atoms with Crippen molar-refractivity contribution in [1.82, 2.24) is 9.55 Å². The minimum absolute atomic E-state index is 0.184. The maximum atomic E-state index is 12.5. The van der Waals surface area contributed by atoms with Crippen LogP contribution < -0.4 is 15.8 Å². The number of aryl methyl sites for hydroxylation is 1. The van der Waals surface area contributed by atoms with Crippen molar-refractivity contribution in [3.63, 3.8) is 0 Å². The SMILES string of the molecule is COc1ccc(-c2cnc(SCC(=O)Nc3sc4c(c3C(N)=O)CCC4)n2C)cc1. The van der Waals surface area contributed by atoms with Gasteiger partial charge in [0.1, 0.15) is 10.8 Å². The van der Waals surface area contributed by atoms with E-state index in [-0.39, 0.29) is 11.7 Å². The van der Waals surface area contributed by atoms with Crippen molar-refractivity contribution >= 4 is 39.9 Å². The van der Waals surface area contributed by atoms with Crippen LogP contribution in [-0.2, 0) is 24.7 Å². The molecule has 0 saturated heterocycles. The number of aromatic nitrogens is 2. The predicted molar refractivity (Wildman–Crippen MR) is 119 cm³/mol. The molecule has 3 N–H and O–H groups in total. The molecule has 2 heterocycles. The van der Waals surface area contributed by atoms with Crippen LogP contribution in [0.4, 0.5) is 5.00 Å². The van der Waals surface area contributed by atoms with Crippen molar-refractivity contribution in [3.05, 3.63) is 46.5 Å². The summed E-state index contributed by atoms with van der Waals surface area (Å²) >= 11 is 2.81. The fourth-order valence-corrected chi connectivity index (χ4v) is 5.66. The summed E-state index contributed by atoms with van der Waals surface area (Å²) in [5, 5.41) is 4.17. The number of nitrogens with one attached hydrogen (secondary N) is 1. The lowest BCUT2D eigenvalue weighted by molar-refractivity contribution is -0.113. The number of methoxy groups -OCH3 is 1. The number of carbonyl (C=O) groups is 2. The molecule has 9 heteroatoms. The topological polar surface area (TPSA) is 99.2 Å². The van der Waals surface area contributed by atoms with Gasteiger partial charge in [-0.05, 0) is 49.1 Å². The Bertz CT molecular complexity index is 1100. The summed E-state index contributed by atoms with van der Waals surface area (Å²) in [6.45, 7) is 0. The van der Waals surface area contributed by atoms with Crippen LogP contribution in [0.5, 0.6) is 5.75 Å². The Balaban J connectivity index is 1.43. The third-order valence-corrected chi connectivity index (χ3v) is 7.34. The number of imidazole rings is 1. The highest BCUT2D eigenvalue weighted by Crippen LogP contribution is 2.39. The van der Waals surface area contributed by atoms with Crippen molar-refractivity contribution in [2.45, 2.75) is 24.4 Å². The van der Waals surface area contributed by atoms with Crippen molar-refractivity contribution in [2.75, 3.05) is 18.2 Å². The lowest BCUT2D eigenvalue weighted by Gasteiger charge is -2.08. The first kappa shape index (κ1) is 20.5. The zero-order valence-electron chi connectivity index (χ0n) is 16.7. The molecule has 4 rings (SSSR count). The zero-order chi connectivity index (χ0) is 21.3. The first-order valence-corrected chi connectivity index (χ1v) is 11.3. The van der Waals surface area contributed by atoms with Gasteiger partial charge >= 0.3 is 0 Å². The Kier molecular flexibility index (Phi) is 5.83. The molecule has 0 saturated carbocycles. The zero-order valence-corrected chi connectivity index (χ0v) is 18.4. The Morgan fingerprint density at radius 1 is 1.30 bits per heavy atom. The number of nitrogens with two attached hydrogens (primary N) is 1. The van der Waals surface area contributed by atoms with Crippen LogP contribution in [0.15, 0.2) is 35.6 Å². The summed E-state index contributed by atoms with van der Waals surface area (Å²) in [5.41, 5.74) is 9.00. The number of nitrogens with zero attached hydrogens (tertiary/aromatic N) is 2. The molecule has 0 atom stereocenters. The van der Waals surface area contributed by atoms with Gasteiger partial charge in [0, 0.05) is 17.5 Å². The van der Waals surface area contributed by atoms with E-state index in [0.29, 0.717) is 10.6 Å². The van der Waals surface area contributed by atoms with Gasteiger partial charge in [-0.1, -0.05) is 11.8 Å². The predicted octanol–water partition coefficient (Wildman–Crippen LogP) is 3.48. The van der Waals surface area contributed by atoms with E-state index < -0.39 is 5.91 Å². The largest absolute Gasteiger partial charge is 0.497 e. The Morgan fingerprint density at radius 2 is 2.07 bits per heavy atom. The van der Waals surface area contributed by atoms with Gasteiger partial charge in [-0.25, -0.2) is 4.98 Å². The van der Waals surface area contributed by atoms with E-state index in [0.717, 1.165) is 51.9 Å². The van der Waals surface area contributed by atoms with Gasteiger partial charge in [0.15, 0.2) is 5.16 Å². The van der Waals surface area contributed by atoms with Gasteiger partial charge in [0.05, 0.1) is 30.3 Å². The summed E-state index contributed by atoms with van der Waals surface area (Å²) in [4.78, 5) is 30.0. The molecule has 3 aromatic rings. The van der Waals surface area contributed by atoms with Gasteiger partial charge in [-0.15, -0.1) is 11.3 Å². The molecule has 156 valence electrons. The maximum Gasteiger partial charge on any atom is 0.251 e. The summed E-state index contributed by atoms with van der Waals surface area (Å²) < 4.78 is 7.15. The number of benzene rings is 1. The summed E-state index contributed by atoms with van der Waals surface area (Å²) in [6.07, 6.45) is 4.60. The van der Waals surface area contributed by atoms with Gasteiger partial charge in [-0.3, -0.25) is 9.59 Å². The third-order valence-electron chi connectivity index (χ3n) is 5.08. The lowest BCUT2D eigenvalue weighted by atomic mass is 10.1. The third kappa shape index (κ3) is 3.95. The minimum atomic E-state index is -0.481. The van der Waals surface area contributed by atoms with Gasteiger partial charge in [-0.2, -0.15) is 0 Å². The molecular weight excluding hydrogens is 420 g/mol. The van der Waals surface area contributed by atoms with E-state index in [9.17, 15) is 9.59 Å². The first-order chi connectivity index (χ1) is 14.5. The van der Waals surface area contributed by atoms with Crippen LogP contribution in [-0.4, -0.2) is 34.2 Å². The average Bonchev–Trinajstić information content (AvgIpc) is 3.41. The molecule has 2 aromatic heterocycles. The number of hydrogen-bond acceptors (Lipinski definition) is 6. The van der Waals surface area contributed by atoms with Crippen molar-refractivity contribution < 1.29 is 14.3 Å². The monoisotopic (exact) mass is 442 g/mol. The van der Waals surface area contributed by atoms with E-state index in [2.05, 4.69) is 10.3 Å². The molecule has 1 aliphatic carbocycles. The van der Waals surface area contributed by atoms with E-state index in [1.807, 2.05) is 35.9 Å². The number of primary amides is 1. The standard InChI is InChI=1S/C21H22N4O3S2/c1-25-15(12-6-8-13(28-2)9-7-12)10-23-21(25)29-11-17(26)24-20-18(19(22)27)14-4-3-5-16(14)30-20/h6-10H,3-5,11H2,1-2H3,(H2,22,27)(H,24,26). The molecular formula is C21H22N4O3S2. The number of anilines is 1. The first-order valence-electron chi connectivity index (χ1n) is 9.51. The fraction of sp³-hybridized carbons (Fsp3) is 0.286. The second kappa shape index (κ2) is 8.53. The van der Waals surface area contributed by atoms with Crippen molar-refractivity contribution in [1.29, 1.82) is 0 Å². The normalized spacial score (nSPS) is 12.6. The number of thiophene rings is 1. The smallest absolute Gasteiger partial charge is 0.251 e. The quantitative estimate of drug-likeness (QED) is 0.546. The molecule has 2 amide bonds. The molecule has 1 aromatic carbocycles. The van der Waals surface area contributed by atoms with Crippen LogP contribution in [0.2, 0.25) is 0 Å². The molecule has 0 spiro atoms. The number of rotatable bonds is 7. The number of carbonyl (C=O) groups excluding carboxylic acids is 2. The maximum absolute atomic E-state index is 12.5. The van der Waals surface area contributed by atoms with Crippen LogP contribution in [0.3, 0.4) is 0 Å². The molecule has 0 unspecified atom stereocenters. The van der Waals surface area contributed by atoms with Crippen molar-refractivity contribution in [2.24, 2.45) is 12.8 Å². The second-order valence-corrected chi connectivity index (χ2v) is 9.02.